The molecule has 0 aromatic rings. The van der Waals surface area contributed by atoms with Crippen molar-refractivity contribution in [2.75, 3.05) is 0 Å². The summed E-state index contributed by atoms with van der Waals surface area (Å²) >= 11 is 1.60. The second-order valence-electron chi connectivity index (χ2n) is 2.61. The minimum atomic E-state index is -0.712. The smallest absolute Gasteiger partial charge is 0.330 e. The van der Waals surface area contributed by atoms with Gasteiger partial charge >= 0.3 is 6.03 Å². The van der Waals surface area contributed by atoms with Gasteiger partial charge in [0.15, 0.2) is 0 Å². The number of carbonyl (C=O) groups is 2. The minimum absolute atomic E-state index is 0.242. The third kappa shape index (κ3) is 4.18. The van der Waals surface area contributed by atoms with Gasteiger partial charge in [-0.2, -0.15) is 0 Å². The lowest BCUT2D eigenvalue weighted by molar-refractivity contribution is -0.124. The zero-order valence-electron chi connectivity index (χ0n) is 6.50. The van der Waals surface area contributed by atoms with E-state index in [9.17, 15) is 9.59 Å². The quantitative estimate of drug-likeness (QED) is 0.607. The summed E-state index contributed by atoms with van der Waals surface area (Å²) < 4.78 is 0.901. The van der Waals surface area contributed by atoms with E-state index in [-0.39, 0.29) is 11.8 Å². The van der Waals surface area contributed by atoms with Crippen LogP contribution in [0.1, 0.15) is 20.3 Å². The van der Waals surface area contributed by atoms with Crippen LogP contribution in [0.5, 0.6) is 0 Å². The highest BCUT2D eigenvalue weighted by Gasteiger charge is 2.15. The molecule has 0 heterocycles. The summed E-state index contributed by atoms with van der Waals surface area (Å²) in [6.07, 6.45) is 0.353. The number of rotatable bonds is 2. The van der Waals surface area contributed by atoms with Gasteiger partial charge in [-0.05, 0) is 5.92 Å². The normalized spacial score (nSPS) is 9.82. The molecule has 0 aliphatic rings. The molecule has 2 N–H and O–H groups in total. The van der Waals surface area contributed by atoms with Crippen molar-refractivity contribution in [3.05, 3.63) is 0 Å². The first-order valence-electron chi connectivity index (χ1n) is 3.23. The number of imide groups is 1. The summed E-state index contributed by atoms with van der Waals surface area (Å²) in [6.45, 7) is 3.81. The lowest BCUT2D eigenvalue weighted by Gasteiger charge is -2.10. The second kappa shape index (κ2) is 4.53. The van der Waals surface area contributed by atoms with Crippen molar-refractivity contribution < 1.29 is 9.59 Å². The molecule has 5 heteroatoms. The summed E-state index contributed by atoms with van der Waals surface area (Å²) in [7, 11) is 0. The largest absolute Gasteiger partial charge is 0.351 e. The van der Waals surface area contributed by atoms with E-state index in [1.165, 1.54) is 0 Å². The van der Waals surface area contributed by atoms with Crippen LogP contribution >= 0.6 is 22.9 Å². The van der Waals surface area contributed by atoms with Gasteiger partial charge in [-0.25, -0.2) is 7.91 Å². The maximum Gasteiger partial charge on any atom is 0.330 e. The molecule has 0 fully saturated rings. The van der Waals surface area contributed by atoms with E-state index >= 15 is 0 Å². The Balaban J connectivity index is 3.93. The third-order valence-electron chi connectivity index (χ3n) is 0.995. The van der Waals surface area contributed by atoms with E-state index in [1.807, 2.05) is 13.8 Å². The molecule has 0 aliphatic carbocycles. The average Bonchev–Trinajstić information content (AvgIpc) is 1.84. The van der Waals surface area contributed by atoms with Gasteiger partial charge in [-0.1, -0.05) is 13.8 Å². The van der Waals surface area contributed by atoms with Gasteiger partial charge in [-0.15, -0.1) is 0 Å². The molecule has 0 aliphatic heterocycles. The van der Waals surface area contributed by atoms with Crippen LogP contribution in [0.3, 0.4) is 0 Å². The summed E-state index contributed by atoms with van der Waals surface area (Å²) in [6, 6.07) is -0.712. The van der Waals surface area contributed by atoms with E-state index < -0.39 is 6.03 Å². The van der Waals surface area contributed by atoms with Crippen molar-refractivity contribution in [3.8, 4) is 0 Å². The molecular formula is C6H11IN2O2. The standard InChI is InChI=1S/C6H11IN2O2/c1-4(2)3-5(10)9(7)6(8)11/h4H,3H2,1-2H3,(H2,8,11). The second-order valence-corrected chi connectivity index (χ2v) is 3.58. The van der Waals surface area contributed by atoms with E-state index in [0.717, 1.165) is 3.11 Å². The monoisotopic (exact) mass is 270 g/mol. The van der Waals surface area contributed by atoms with Crippen LogP contribution in [-0.4, -0.2) is 15.1 Å². The molecule has 3 amide bonds. The number of nitrogens with two attached hydrogens (primary N) is 1. The molecule has 0 aromatic heterocycles. The predicted molar refractivity (Wildman–Crippen MR) is 49.9 cm³/mol. The molecule has 0 unspecified atom stereocenters. The zero-order chi connectivity index (χ0) is 9.02. The van der Waals surface area contributed by atoms with Crippen LogP contribution < -0.4 is 5.73 Å². The molecule has 0 aromatic carbocycles. The van der Waals surface area contributed by atoms with Crippen molar-refractivity contribution in [2.45, 2.75) is 20.3 Å². The number of amides is 3. The van der Waals surface area contributed by atoms with Gasteiger partial charge in [0.1, 0.15) is 0 Å². The summed E-state index contributed by atoms with van der Waals surface area (Å²) in [5.74, 6) is 0.00668. The number of nitrogens with zero attached hydrogens (tertiary/aromatic N) is 1. The molecule has 4 nitrogen and oxygen atoms in total. The SMILES string of the molecule is CC(C)CC(=O)N(I)C(N)=O. The Bertz CT molecular complexity index is 170. The molecule has 0 saturated carbocycles. The molecular weight excluding hydrogens is 259 g/mol. The molecule has 0 atom stereocenters. The number of primary amides is 1. The fourth-order valence-electron chi connectivity index (χ4n) is 0.552. The van der Waals surface area contributed by atoms with E-state index in [0.29, 0.717) is 6.42 Å². The highest BCUT2D eigenvalue weighted by Crippen LogP contribution is 2.07. The topological polar surface area (TPSA) is 63.4 Å². The Morgan fingerprint density at radius 3 is 2.27 bits per heavy atom. The van der Waals surface area contributed by atoms with Gasteiger partial charge in [0.05, 0.1) is 22.9 Å². The molecule has 11 heavy (non-hydrogen) atoms. The van der Waals surface area contributed by atoms with Crippen LogP contribution in [0.25, 0.3) is 0 Å². The van der Waals surface area contributed by atoms with E-state index in [2.05, 4.69) is 0 Å². The third-order valence-corrected chi connectivity index (χ3v) is 2.01. The van der Waals surface area contributed by atoms with Gasteiger partial charge in [0.25, 0.3) is 0 Å². The molecule has 0 radical (unpaired) electrons. The Morgan fingerprint density at radius 1 is 1.55 bits per heavy atom. The Labute approximate surface area is 79.6 Å². The number of carbonyl (C=O) groups excluding carboxylic acids is 2. The zero-order valence-corrected chi connectivity index (χ0v) is 8.66. The number of hydrogen-bond donors (Lipinski definition) is 1. The van der Waals surface area contributed by atoms with Gasteiger partial charge in [0, 0.05) is 6.42 Å². The maximum absolute atomic E-state index is 11.0. The molecule has 64 valence electrons. The molecule has 0 saturated heterocycles. The molecule has 0 spiro atoms. The van der Waals surface area contributed by atoms with Crippen molar-refractivity contribution in [1.29, 1.82) is 0 Å². The Kier molecular flexibility index (Phi) is 4.39. The first-order chi connectivity index (χ1) is 4.95. The number of urea groups is 1. The first kappa shape index (κ1) is 10.7. The maximum atomic E-state index is 11.0. The fourth-order valence-corrected chi connectivity index (χ4v) is 0.749. The minimum Gasteiger partial charge on any atom is -0.351 e. The number of hydrogen-bond acceptors (Lipinski definition) is 2. The van der Waals surface area contributed by atoms with Crippen LogP contribution in [0, 0.1) is 5.92 Å². The van der Waals surface area contributed by atoms with Crippen molar-refractivity contribution in [2.24, 2.45) is 11.7 Å². The highest BCUT2D eigenvalue weighted by atomic mass is 127. The Morgan fingerprint density at radius 2 is 2.00 bits per heavy atom. The number of halogens is 1. The van der Waals surface area contributed by atoms with Crippen molar-refractivity contribution in [3.63, 3.8) is 0 Å². The van der Waals surface area contributed by atoms with Crippen LogP contribution in [0.15, 0.2) is 0 Å². The molecule has 0 rings (SSSR count). The van der Waals surface area contributed by atoms with Crippen molar-refractivity contribution in [1.82, 2.24) is 3.11 Å². The summed E-state index contributed by atoms with van der Waals surface area (Å²) in [4.78, 5) is 21.5. The van der Waals surface area contributed by atoms with Crippen LogP contribution in [0.2, 0.25) is 0 Å². The predicted octanol–water partition coefficient (Wildman–Crippen LogP) is 1.29. The highest BCUT2D eigenvalue weighted by molar-refractivity contribution is 14.1. The van der Waals surface area contributed by atoms with Gasteiger partial charge in [-0.3, -0.25) is 4.79 Å². The summed E-state index contributed by atoms with van der Waals surface area (Å²) in [5, 5.41) is 0. The van der Waals surface area contributed by atoms with E-state index in [4.69, 9.17) is 5.73 Å². The van der Waals surface area contributed by atoms with Gasteiger partial charge in [0.2, 0.25) is 5.91 Å². The fraction of sp³-hybridized carbons (Fsp3) is 0.667. The van der Waals surface area contributed by atoms with Gasteiger partial charge < -0.3 is 5.73 Å². The molecule has 0 bridgehead atoms. The average molecular weight is 270 g/mol. The first-order valence-corrected chi connectivity index (χ1v) is 4.19. The lowest BCUT2D eigenvalue weighted by Crippen LogP contribution is -2.32. The van der Waals surface area contributed by atoms with Crippen LogP contribution in [0.4, 0.5) is 4.79 Å². The van der Waals surface area contributed by atoms with Crippen molar-refractivity contribution >= 4 is 34.8 Å². The van der Waals surface area contributed by atoms with E-state index in [1.54, 1.807) is 22.9 Å². The summed E-state index contributed by atoms with van der Waals surface area (Å²) in [5.41, 5.74) is 4.87. The Hall–Kier alpha value is -0.330. The van der Waals surface area contributed by atoms with Crippen LogP contribution in [-0.2, 0) is 4.79 Å². The lowest BCUT2D eigenvalue weighted by atomic mass is 10.1.